The molecule has 0 aliphatic rings. The highest BCUT2D eigenvalue weighted by atomic mass is 16.5. The number of fused-ring (bicyclic) bond motifs is 1. The van der Waals surface area contributed by atoms with E-state index in [0.717, 1.165) is 22.9 Å². The zero-order valence-electron chi connectivity index (χ0n) is 11.7. The molecule has 2 atom stereocenters. The van der Waals surface area contributed by atoms with Crippen LogP contribution in [0.3, 0.4) is 0 Å². The van der Waals surface area contributed by atoms with Gasteiger partial charge in [-0.3, -0.25) is 16.3 Å². The Morgan fingerprint density at radius 2 is 2.16 bits per heavy atom. The summed E-state index contributed by atoms with van der Waals surface area (Å²) in [5.41, 5.74) is 4.62. The van der Waals surface area contributed by atoms with Crippen LogP contribution in [-0.2, 0) is 4.74 Å². The first-order valence-corrected chi connectivity index (χ1v) is 6.51. The molecule has 3 N–H and O–H groups in total. The van der Waals surface area contributed by atoms with Crippen molar-refractivity contribution in [1.29, 1.82) is 0 Å². The second kappa shape index (κ2) is 5.65. The summed E-state index contributed by atoms with van der Waals surface area (Å²) in [4.78, 5) is 4.38. The van der Waals surface area contributed by atoms with Crippen molar-refractivity contribution in [3.05, 3.63) is 42.1 Å². The van der Waals surface area contributed by atoms with Gasteiger partial charge in [-0.05, 0) is 31.0 Å². The molecule has 0 spiro atoms. The van der Waals surface area contributed by atoms with E-state index in [1.807, 2.05) is 18.2 Å². The number of aromatic nitrogens is 1. The van der Waals surface area contributed by atoms with E-state index in [1.165, 1.54) is 0 Å². The average Bonchev–Trinajstić information content (AvgIpc) is 2.48. The molecule has 4 heteroatoms. The predicted molar refractivity (Wildman–Crippen MR) is 77.5 cm³/mol. The highest BCUT2D eigenvalue weighted by Gasteiger charge is 2.34. The van der Waals surface area contributed by atoms with E-state index in [2.05, 4.69) is 36.4 Å². The molecular weight excluding hydrogens is 238 g/mol. The van der Waals surface area contributed by atoms with E-state index in [9.17, 15) is 0 Å². The van der Waals surface area contributed by atoms with Gasteiger partial charge < -0.3 is 4.74 Å². The number of nitrogens with one attached hydrogen (secondary N) is 1. The molecule has 0 amide bonds. The fourth-order valence-corrected chi connectivity index (χ4v) is 2.44. The van der Waals surface area contributed by atoms with Crippen LogP contribution in [0.4, 0.5) is 0 Å². The lowest BCUT2D eigenvalue weighted by Gasteiger charge is -2.36. The number of nitrogens with two attached hydrogens (primary N) is 1. The Bertz CT molecular complexity index is 547. The predicted octanol–water partition coefficient (Wildman–Crippen LogP) is 2.55. The summed E-state index contributed by atoms with van der Waals surface area (Å²) in [6, 6.07) is 9.99. The number of pyridine rings is 1. The summed E-state index contributed by atoms with van der Waals surface area (Å²) in [6.07, 6.45) is 2.65. The highest BCUT2D eigenvalue weighted by Crippen LogP contribution is 2.34. The Hall–Kier alpha value is -1.49. The maximum atomic E-state index is 5.78. The van der Waals surface area contributed by atoms with Crippen LogP contribution < -0.4 is 11.3 Å². The van der Waals surface area contributed by atoms with Crippen molar-refractivity contribution in [3.8, 4) is 0 Å². The molecule has 1 aromatic heterocycles. The Balaban J connectivity index is 2.58. The van der Waals surface area contributed by atoms with Crippen LogP contribution in [-0.4, -0.2) is 17.7 Å². The van der Waals surface area contributed by atoms with Crippen molar-refractivity contribution in [2.75, 3.05) is 7.11 Å². The van der Waals surface area contributed by atoms with Crippen LogP contribution in [0.15, 0.2) is 36.5 Å². The Morgan fingerprint density at radius 1 is 1.37 bits per heavy atom. The number of hydrogen-bond acceptors (Lipinski definition) is 4. The number of nitrogens with zero attached hydrogens (tertiary/aromatic N) is 1. The topological polar surface area (TPSA) is 60.2 Å². The lowest BCUT2D eigenvalue weighted by molar-refractivity contribution is -0.0296. The van der Waals surface area contributed by atoms with E-state index in [0.29, 0.717) is 0 Å². The standard InChI is InChI=1S/C15H21N3O/c1-4-15(2,19-3)14(18-16)12-7-5-9-13-11(12)8-6-10-17-13/h5-10,14,18H,4,16H2,1-3H3. The SMILES string of the molecule is CCC(C)(OC)C(NN)c1cccc2ncccc12. The molecule has 0 fully saturated rings. The number of benzene rings is 1. The van der Waals surface area contributed by atoms with Crippen molar-refractivity contribution in [1.82, 2.24) is 10.4 Å². The molecule has 102 valence electrons. The normalized spacial score (nSPS) is 16.2. The number of hydrogen-bond donors (Lipinski definition) is 2. The first-order chi connectivity index (χ1) is 9.16. The van der Waals surface area contributed by atoms with Gasteiger partial charge in [0, 0.05) is 18.7 Å². The zero-order valence-corrected chi connectivity index (χ0v) is 11.7. The van der Waals surface area contributed by atoms with Crippen molar-refractivity contribution in [2.24, 2.45) is 5.84 Å². The average molecular weight is 259 g/mol. The van der Waals surface area contributed by atoms with Crippen molar-refractivity contribution >= 4 is 10.9 Å². The molecule has 19 heavy (non-hydrogen) atoms. The van der Waals surface area contributed by atoms with E-state index in [-0.39, 0.29) is 11.6 Å². The van der Waals surface area contributed by atoms with Gasteiger partial charge in [-0.2, -0.15) is 0 Å². The van der Waals surface area contributed by atoms with Crippen LogP contribution >= 0.6 is 0 Å². The number of methoxy groups -OCH3 is 1. The van der Waals surface area contributed by atoms with Crippen LogP contribution in [0.2, 0.25) is 0 Å². The summed E-state index contributed by atoms with van der Waals surface area (Å²) in [5, 5.41) is 1.10. The van der Waals surface area contributed by atoms with Crippen molar-refractivity contribution < 1.29 is 4.74 Å². The van der Waals surface area contributed by atoms with Crippen LogP contribution in [0.1, 0.15) is 31.9 Å². The molecule has 0 bridgehead atoms. The summed E-state index contributed by atoms with van der Waals surface area (Å²) in [5.74, 6) is 5.78. The summed E-state index contributed by atoms with van der Waals surface area (Å²) in [6.45, 7) is 4.16. The van der Waals surface area contributed by atoms with Gasteiger partial charge in [-0.1, -0.05) is 25.1 Å². The number of ether oxygens (including phenoxy) is 1. The van der Waals surface area contributed by atoms with E-state index in [1.54, 1.807) is 13.3 Å². The van der Waals surface area contributed by atoms with Gasteiger partial charge in [-0.25, -0.2) is 0 Å². The number of rotatable bonds is 5. The molecule has 0 aliphatic heterocycles. The first-order valence-electron chi connectivity index (χ1n) is 6.51. The molecule has 2 unspecified atom stereocenters. The fraction of sp³-hybridized carbons (Fsp3) is 0.400. The maximum absolute atomic E-state index is 5.78. The Labute approximate surface area is 113 Å². The Morgan fingerprint density at radius 3 is 2.79 bits per heavy atom. The van der Waals surface area contributed by atoms with Crippen LogP contribution in [0.5, 0.6) is 0 Å². The minimum Gasteiger partial charge on any atom is -0.376 e. The molecule has 2 rings (SSSR count). The van der Waals surface area contributed by atoms with Crippen molar-refractivity contribution in [2.45, 2.75) is 31.9 Å². The van der Waals surface area contributed by atoms with Gasteiger partial charge in [0.25, 0.3) is 0 Å². The number of hydrazine groups is 1. The molecule has 1 heterocycles. The quantitative estimate of drug-likeness (QED) is 0.640. The van der Waals surface area contributed by atoms with E-state index < -0.39 is 0 Å². The second-order valence-electron chi connectivity index (χ2n) is 4.89. The first kappa shape index (κ1) is 13.9. The van der Waals surface area contributed by atoms with Gasteiger partial charge in [0.05, 0.1) is 17.2 Å². The lowest BCUT2D eigenvalue weighted by Crippen LogP contribution is -2.45. The highest BCUT2D eigenvalue weighted by molar-refractivity contribution is 5.82. The maximum Gasteiger partial charge on any atom is 0.0855 e. The van der Waals surface area contributed by atoms with E-state index >= 15 is 0 Å². The monoisotopic (exact) mass is 259 g/mol. The molecule has 4 nitrogen and oxygen atoms in total. The zero-order chi connectivity index (χ0) is 13.9. The molecular formula is C15H21N3O. The van der Waals surface area contributed by atoms with Gasteiger partial charge in [0.1, 0.15) is 0 Å². The van der Waals surface area contributed by atoms with Gasteiger partial charge >= 0.3 is 0 Å². The molecule has 0 saturated heterocycles. The van der Waals surface area contributed by atoms with Crippen LogP contribution in [0.25, 0.3) is 10.9 Å². The molecule has 0 saturated carbocycles. The minimum atomic E-state index is -0.362. The molecule has 0 aliphatic carbocycles. The van der Waals surface area contributed by atoms with E-state index in [4.69, 9.17) is 10.6 Å². The smallest absolute Gasteiger partial charge is 0.0855 e. The minimum absolute atomic E-state index is 0.0876. The molecule has 1 aromatic carbocycles. The van der Waals surface area contributed by atoms with Crippen LogP contribution in [0, 0.1) is 0 Å². The van der Waals surface area contributed by atoms with Gasteiger partial charge in [-0.15, -0.1) is 0 Å². The second-order valence-corrected chi connectivity index (χ2v) is 4.89. The molecule has 2 aromatic rings. The molecule has 0 radical (unpaired) electrons. The summed E-state index contributed by atoms with van der Waals surface area (Å²) >= 11 is 0. The van der Waals surface area contributed by atoms with Gasteiger partial charge in [0.15, 0.2) is 0 Å². The third-order valence-corrected chi connectivity index (χ3v) is 3.94. The lowest BCUT2D eigenvalue weighted by atomic mass is 9.86. The Kier molecular flexibility index (Phi) is 4.14. The fourth-order valence-electron chi connectivity index (χ4n) is 2.44. The third kappa shape index (κ3) is 2.47. The summed E-state index contributed by atoms with van der Waals surface area (Å²) < 4.78 is 5.68. The van der Waals surface area contributed by atoms with Crippen molar-refractivity contribution in [3.63, 3.8) is 0 Å². The van der Waals surface area contributed by atoms with Gasteiger partial charge in [0.2, 0.25) is 0 Å². The summed E-state index contributed by atoms with van der Waals surface area (Å²) in [7, 11) is 1.72. The third-order valence-electron chi connectivity index (χ3n) is 3.94. The largest absolute Gasteiger partial charge is 0.376 e.